The maximum atomic E-state index is 10.8. The van der Waals surface area contributed by atoms with E-state index in [1.165, 1.54) is 0 Å². The summed E-state index contributed by atoms with van der Waals surface area (Å²) in [7, 11) is 0. The van der Waals surface area contributed by atoms with Crippen molar-refractivity contribution in [2.75, 3.05) is 70.3 Å². The van der Waals surface area contributed by atoms with E-state index in [0.717, 1.165) is 71.1 Å². The maximum absolute atomic E-state index is 10.8. The van der Waals surface area contributed by atoms with Crippen LogP contribution in [0.3, 0.4) is 0 Å². The molecule has 1 atom stereocenters. The highest BCUT2D eigenvalue weighted by atomic mass is 16.3. The van der Waals surface area contributed by atoms with Crippen LogP contribution >= 0.6 is 0 Å². The first-order valence-corrected chi connectivity index (χ1v) is 9.08. The molecule has 2 fully saturated rings. The van der Waals surface area contributed by atoms with Crippen molar-refractivity contribution in [3.05, 3.63) is 18.5 Å². The fraction of sp³-hybridized carbons (Fsp3) is 0.706. The van der Waals surface area contributed by atoms with Gasteiger partial charge in [0.05, 0.1) is 6.10 Å². The van der Waals surface area contributed by atoms with Gasteiger partial charge in [-0.2, -0.15) is 0 Å². The summed E-state index contributed by atoms with van der Waals surface area (Å²) in [5.41, 5.74) is 0. The lowest BCUT2D eigenvalue weighted by molar-refractivity contribution is -0.119. The summed E-state index contributed by atoms with van der Waals surface area (Å²) in [6, 6.07) is 1.83. The molecule has 0 aromatic carbocycles. The molecule has 2 aliphatic rings. The largest absolute Gasteiger partial charge is 0.390 e. The van der Waals surface area contributed by atoms with Crippen molar-refractivity contribution in [2.24, 2.45) is 0 Å². The van der Waals surface area contributed by atoms with Gasteiger partial charge in [0.1, 0.15) is 0 Å². The number of carbonyl (C=O) groups excluding carboxylic acids is 1. The van der Waals surface area contributed by atoms with Gasteiger partial charge < -0.3 is 14.9 Å². The molecule has 0 spiro atoms. The first kappa shape index (κ1) is 18.0. The SMILES string of the molecule is O=CN1CCN(C[C@H](O)CN2CCCN(c3ncccn3)CC2)CC1. The Labute approximate surface area is 149 Å². The Morgan fingerprint density at radius 2 is 1.60 bits per heavy atom. The summed E-state index contributed by atoms with van der Waals surface area (Å²) in [6.45, 7) is 8.29. The molecule has 3 heterocycles. The lowest BCUT2D eigenvalue weighted by atomic mass is 10.2. The van der Waals surface area contributed by atoms with E-state index in [-0.39, 0.29) is 6.10 Å². The summed E-state index contributed by atoms with van der Waals surface area (Å²) in [5.74, 6) is 0.790. The minimum Gasteiger partial charge on any atom is -0.390 e. The van der Waals surface area contributed by atoms with E-state index in [4.69, 9.17) is 0 Å². The number of hydrogen-bond acceptors (Lipinski definition) is 7. The number of aromatic nitrogens is 2. The second kappa shape index (κ2) is 9.07. The van der Waals surface area contributed by atoms with Crippen molar-refractivity contribution in [3.8, 4) is 0 Å². The molecule has 2 aliphatic heterocycles. The molecule has 138 valence electrons. The number of β-amino-alcohol motifs (C(OH)–C–C–N with tert-alkyl or cyclic N) is 1. The lowest BCUT2D eigenvalue weighted by Crippen LogP contribution is -2.49. The van der Waals surface area contributed by atoms with Gasteiger partial charge in [-0.25, -0.2) is 9.97 Å². The zero-order valence-electron chi connectivity index (χ0n) is 14.7. The summed E-state index contributed by atoms with van der Waals surface area (Å²) >= 11 is 0. The zero-order valence-corrected chi connectivity index (χ0v) is 14.7. The van der Waals surface area contributed by atoms with Crippen LogP contribution in [0.4, 0.5) is 5.95 Å². The van der Waals surface area contributed by atoms with Crippen molar-refractivity contribution in [1.29, 1.82) is 0 Å². The van der Waals surface area contributed by atoms with Crippen LogP contribution in [0.2, 0.25) is 0 Å². The van der Waals surface area contributed by atoms with Crippen LogP contribution in [0.5, 0.6) is 0 Å². The molecular formula is C17H28N6O2. The van der Waals surface area contributed by atoms with Gasteiger partial charge in [0.2, 0.25) is 12.4 Å². The Kier molecular flexibility index (Phi) is 6.55. The predicted octanol–water partition coefficient (Wildman–Crippen LogP) is -0.876. The van der Waals surface area contributed by atoms with E-state index < -0.39 is 0 Å². The van der Waals surface area contributed by atoms with E-state index in [0.29, 0.717) is 13.1 Å². The van der Waals surface area contributed by atoms with E-state index in [1.807, 2.05) is 6.07 Å². The number of amides is 1. The van der Waals surface area contributed by atoms with E-state index in [2.05, 4.69) is 24.7 Å². The van der Waals surface area contributed by atoms with Crippen molar-refractivity contribution in [3.63, 3.8) is 0 Å². The third kappa shape index (κ3) is 5.35. The monoisotopic (exact) mass is 348 g/mol. The topological polar surface area (TPSA) is 76.0 Å². The number of piperazine rings is 1. The number of hydrogen-bond donors (Lipinski definition) is 1. The quantitative estimate of drug-likeness (QED) is 0.669. The molecule has 1 aromatic rings. The summed E-state index contributed by atoms with van der Waals surface area (Å²) in [6.07, 6.45) is 5.15. The third-order valence-corrected chi connectivity index (χ3v) is 4.92. The summed E-state index contributed by atoms with van der Waals surface area (Å²) < 4.78 is 0. The van der Waals surface area contributed by atoms with Crippen LogP contribution in [0.25, 0.3) is 0 Å². The highest BCUT2D eigenvalue weighted by Gasteiger charge is 2.22. The third-order valence-electron chi connectivity index (χ3n) is 4.92. The molecule has 0 aliphatic carbocycles. The minimum absolute atomic E-state index is 0.359. The molecule has 0 unspecified atom stereocenters. The van der Waals surface area contributed by atoms with Crippen LogP contribution < -0.4 is 4.90 Å². The first-order chi connectivity index (χ1) is 12.2. The number of nitrogens with zero attached hydrogens (tertiary/aromatic N) is 6. The number of aliphatic hydroxyl groups is 1. The van der Waals surface area contributed by atoms with Gasteiger partial charge in [0, 0.05) is 71.3 Å². The molecule has 25 heavy (non-hydrogen) atoms. The molecule has 1 amide bonds. The van der Waals surface area contributed by atoms with Crippen molar-refractivity contribution >= 4 is 12.4 Å². The van der Waals surface area contributed by atoms with Crippen LogP contribution in [0.15, 0.2) is 18.5 Å². The molecule has 0 radical (unpaired) electrons. The Hall–Kier alpha value is -1.77. The molecule has 2 saturated heterocycles. The van der Waals surface area contributed by atoms with E-state index in [1.54, 1.807) is 17.3 Å². The van der Waals surface area contributed by atoms with Crippen LogP contribution in [-0.2, 0) is 4.79 Å². The summed E-state index contributed by atoms with van der Waals surface area (Å²) in [4.78, 5) is 28.0. The molecule has 0 bridgehead atoms. The molecule has 0 saturated carbocycles. The maximum Gasteiger partial charge on any atom is 0.225 e. The van der Waals surface area contributed by atoms with Gasteiger partial charge in [-0.05, 0) is 19.0 Å². The number of aliphatic hydroxyl groups excluding tert-OH is 1. The smallest absolute Gasteiger partial charge is 0.225 e. The lowest BCUT2D eigenvalue weighted by Gasteiger charge is -2.34. The van der Waals surface area contributed by atoms with Crippen molar-refractivity contribution in [1.82, 2.24) is 24.7 Å². The Bertz CT molecular complexity index is 523. The second-order valence-corrected chi connectivity index (χ2v) is 6.79. The normalized spacial score (nSPS) is 21.8. The number of anilines is 1. The Morgan fingerprint density at radius 3 is 2.28 bits per heavy atom. The van der Waals surface area contributed by atoms with Crippen molar-refractivity contribution in [2.45, 2.75) is 12.5 Å². The van der Waals surface area contributed by atoms with E-state index in [9.17, 15) is 9.90 Å². The molecule has 1 N–H and O–H groups in total. The fourth-order valence-electron chi connectivity index (χ4n) is 3.51. The molecule has 3 rings (SSSR count). The highest BCUT2D eigenvalue weighted by Crippen LogP contribution is 2.11. The number of rotatable bonds is 6. The second-order valence-electron chi connectivity index (χ2n) is 6.79. The number of carbonyl (C=O) groups is 1. The van der Waals surface area contributed by atoms with Crippen LogP contribution in [0, 0.1) is 0 Å². The van der Waals surface area contributed by atoms with Crippen LogP contribution in [-0.4, -0.2) is 108 Å². The molecule has 1 aromatic heterocycles. The average Bonchev–Trinajstić information content (AvgIpc) is 2.88. The van der Waals surface area contributed by atoms with Gasteiger partial charge in [0.15, 0.2) is 0 Å². The zero-order chi connectivity index (χ0) is 17.5. The van der Waals surface area contributed by atoms with Crippen molar-refractivity contribution < 1.29 is 9.90 Å². The van der Waals surface area contributed by atoms with Gasteiger partial charge in [-0.1, -0.05) is 0 Å². The van der Waals surface area contributed by atoms with Gasteiger partial charge >= 0.3 is 0 Å². The predicted molar refractivity (Wildman–Crippen MR) is 95.4 cm³/mol. The molecule has 8 heteroatoms. The van der Waals surface area contributed by atoms with Gasteiger partial charge in [0.25, 0.3) is 0 Å². The average molecular weight is 348 g/mol. The Balaban J connectivity index is 1.41. The minimum atomic E-state index is -0.359. The van der Waals surface area contributed by atoms with E-state index >= 15 is 0 Å². The highest BCUT2D eigenvalue weighted by molar-refractivity contribution is 5.47. The first-order valence-electron chi connectivity index (χ1n) is 9.08. The fourth-order valence-corrected chi connectivity index (χ4v) is 3.51. The standard InChI is InChI=1S/C17H28N6O2/c24-15-22-9-7-21(8-10-22)14-16(25)13-20-5-2-6-23(12-11-20)17-18-3-1-4-19-17/h1,3-4,15-16,25H,2,5-14H2/t16-/m1/s1. The Morgan fingerprint density at radius 1 is 0.960 bits per heavy atom. The molecule has 8 nitrogen and oxygen atoms in total. The van der Waals surface area contributed by atoms with Crippen LogP contribution in [0.1, 0.15) is 6.42 Å². The van der Waals surface area contributed by atoms with Gasteiger partial charge in [-0.3, -0.25) is 14.6 Å². The van der Waals surface area contributed by atoms with Gasteiger partial charge in [-0.15, -0.1) is 0 Å². The summed E-state index contributed by atoms with van der Waals surface area (Å²) in [5, 5.41) is 10.4. The molecular weight excluding hydrogens is 320 g/mol.